The maximum Gasteiger partial charge on any atom is 0.249 e. The molecule has 1 aromatic carbocycles. The summed E-state index contributed by atoms with van der Waals surface area (Å²) >= 11 is 0. The van der Waals surface area contributed by atoms with E-state index in [1.54, 1.807) is 0 Å². The molecule has 4 heteroatoms. The highest BCUT2D eigenvalue weighted by Gasteiger charge is 2.11. The fraction of sp³-hybridized carbons (Fsp3) is 0.591. The zero-order chi connectivity index (χ0) is 17.7. The highest BCUT2D eigenvalue weighted by Crippen LogP contribution is 2.21. The van der Waals surface area contributed by atoms with Crippen molar-refractivity contribution in [1.29, 1.82) is 0 Å². The van der Waals surface area contributed by atoms with Gasteiger partial charge in [0.2, 0.25) is 6.33 Å². The average Bonchev–Trinajstić information content (AvgIpc) is 3.10. The maximum absolute atomic E-state index is 5.73. The lowest BCUT2D eigenvalue weighted by molar-refractivity contribution is -0.696. The Balaban J connectivity index is 0.00000338. The molecular weight excluding hydrogens is 435 g/mol. The van der Waals surface area contributed by atoms with Crippen LogP contribution >= 0.6 is 0 Å². The van der Waals surface area contributed by atoms with E-state index in [0.29, 0.717) is 6.61 Å². The van der Waals surface area contributed by atoms with E-state index in [1.807, 2.05) is 19.1 Å². The third-order valence-electron chi connectivity index (χ3n) is 4.65. The summed E-state index contributed by atoms with van der Waals surface area (Å²) in [5.41, 5.74) is 1.11. The van der Waals surface area contributed by atoms with Gasteiger partial charge in [-0.05, 0) is 31.9 Å². The second-order valence-corrected chi connectivity index (χ2v) is 6.79. The van der Waals surface area contributed by atoms with Crippen molar-refractivity contribution in [2.45, 2.75) is 78.2 Å². The molecule has 0 N–H and O–H groups in total. The predicted molar refractivity (Wildman–Crippen MR) is 104 cm³/mol. The molecule has 1 aromatic heterocycles. The summed E-state index contributed by atoms with van der Waals surface area (Å²) in [4.78, 5) is 0. The first-order valence-electron chi connectivity index (χ1n) is 10.1. The van der Waals surface area contributed by atoms with Gasteiger partial charge < -0.3 is 28.7 Å². The van der Waals surface area contributed by atoms with Crippen LogP contribution in [0.5, 0.6) is 5.75 Å². The quantitative estimate of drug-likeness (QED) is 0.250. The minimum Gasteiger partial charge on any atom is -1.00 e. The highest BCUT2D eigenvalue weighted by molar-refractivity contribution is 5.46. The summed E-state index contributed by atoms with van der Waals surface area (Å²) in [6, 6.07) is 8.22. The summed E-state index contributed by atoms with van der Waals surface area (Å²) in [6.45, 7) is 6.09. The van der Waals surface area contributed by atoms with Gasteiger partial charge in [-0.3, -0.25) is 0 Å². The lowest BCUT2D eigenvalue weighted by atomic mass is 10.1. The van der Waals surface area contributed by atoms with Crippen LogP contribution in [0.1, 0.15) is 71.6 Å². The van der Waals surface area contributed by atoms with E-state index in [4.69, 9.17) is 4.74 Å². The molecule has 0 saturated carbocycles. The Morgan fingerprint density at radius 1 is 0.885 bits per heavy atom. The van der Waals surface area contributed by atoms with E-state index in [-0.39, 0.29) is 24.0 Å². The lowest BCUT2D eigenvalue weighted by Gasteiger charge is -2.06. The van der Waals surface area contributed by atoms with E-state index in [0.717, 1.165) is 18.0 Å². The molecule has 3 nitrogen and oxygen atoms in total. The van der Waals surface area contributed by atoms with Crippen molar-refractivity contribution >= 4 is 0 Å². The Hall–Kier alpha value is -1.04. The standard InChI is InChI=1S/C22H35N2O.HI/c1-3-5-6-7-8-9-10-11-14-17-23-18-19-24(20-23)21-15-12-13-16-22(21)25-4-2;/h12-13,15-16,18-20H,3-11,14,17H2,1-2H3;1H/q+1;/p-1. The van der Waals surface area contributed by atoms with Crippen molar-refractivity contribution in [2.75, 3.05) is 6.61 Å². The van der Waals surface area contributed by atoms with Gasteiger partial charge in [0.05, 0.1) is 13.2 Å². The fourth-order valence-electron chi connectivity index (χ4n) is 3.22. The summed E-state index contributed by atoms with van der Waals surface area (Å²) in [6.07, 6.45) is 18.8. The van der Waals surface area contributed by atoms with Crippen LogP contribution in [-0.4, -0.2) is 11.2 Å². The Morgan fingerprint density at radius 2 is 1.54 bits per heavy atom. The smallest absolute Gasteiger partial charge is 0.249 e. The van der Waals surface area contributed by atoms with Crippen LogP contribution < -0.4 is 33.3 Å². The molecule has 0 bridgehead atoms. The molecule has 0 amide bonds. The zero-order valence-corrected chi connectivity index (χ0v) is 18.7. The molecule has 0 atom stereocenters. The van der Waals surface area contributed by atoms with Gasteiger partial charge in [0, 0.05) is 0 Å². The molecule has 0 unspecified atom stereocenters. The van der Waals surface area contributed by atoms with Crippen LogP contribution in [0, 0.1) is 0 Å². The second-order valence-electron chi connectivity index (χ2n) is 6.79. The number of benzene rings is 1. The first-order valence-corrected chi connectivity index (χ1v) is 10.1. The molecule has 0 saturated heterocycles. The van der Waals surface area contributed by atoms with Gasteiger partial charge in [-0.2, -0.15) is 4.57 Å². The van der Waals surface area contributed by atoms with Crippen molar-refractivity contribution in [1.82, 2.24) is 4.57 Å². The number of aromatic nitrogens is 2. The van der Waals surface area contributed by atoms with E-state index in [9.17, 15) is 0 Å². The molecule has 1 heterocycles. The maximum atomic E-state index is 5.73. The molecule has 0 aliphatic carbocycles. The van der Waals surface area contributed by atoms with E-state index < -0.39 is 0 Å². The first-order chi connectivity index (χ1) is 12.3. The Bertz CT molecular complexity index is 597. The largest absolute Gasteiger partial charge is 1.00 e. The molecule has 0 aliphatic rings. The Kier molecular flexibility index (Phi) is 12.4. The van der Waals surface area contributed by atoms with Gasteiger partial charge in [-0.15, -0.1) is 0 Å². The van der Waals surface area contributed by atoms with Crippen molar-refractivity contribution in [3.63, 3.8) is 0 Å². The minimum atomic E-state index is 0. The van der Waals surface area contributed by atoms with Gasteiger partial charge in [0.25, 0.3) is 0 Å². The SMILES string of the molecule is CCCCCCCCCCC[n+]1ccn(-c2ccccc2OCC)c1.[I-]. The molecule has 146 valence electrons. The number of hydrogen-bond acceptors (Lipinski definition) is 1. The van der Waals surface area contributed by atoms with Crippen molar-refractivity contribution in [2.24, 2.45) is 0 Å². The predicted octanol–water partition coefficient (Wildman–Crippen LogP) is 2.70. The van der Waals surface area contributed by atoms with E-state index in [2.05, 4.69) is 46.9 Å². The number of para-hydroxylation sites is 2. The van der Waals surface area contributed by atoms with Crippen molar-refractivity contribution in [3.8, 4) is 11.4 Å². The molecule has 2 rings (SSSR count). The summed E-state index contributed by atoms with van der Waals surface area (Å²) in [5, 5.41) is 0. The summed E-state index contributed by atoms with van der Waals surface area (Å²) in [7, 11) is 0. The lowest BCUT2D eigenvalue weighted by Crippen LogP contribution is -3.00. The Labute approximate surface area is 176 Å². The van der Waals surface area contributed by atoms with Crippen LogP contribution in [-0.2, 0) is 6.54 Å². The average molecular weight is 470 g/mol. The molecule has 0 aliphatic heterocycles. The van der Waals surface area contributed by atoms with Gasteiger partial charge in [0.1, 0.15) is 12.4 Å². The van der Waals surface area contributed by atoms with E-state index in [1.165, 1.54) is 57.8 Å². The molecule has 0 spiro atoms. The van der Waals surface area contributed by atoms with Crippen LogP contribution in [0.2, 0.25) is 0 Å². The molecule has 26 heavy (non-hydrogen) atoms. The number of imidazole rings is 1. The fourth-order valence-corrected chi connectivity index (χ4v) is 3.22. The van der Waals surface area contributed by atoms with Gasteiger partial charge in [-0.1, -0.05) is 64.0 Å². The summed E-state index contributed by atoms with van der Waals surface area (Å²) in [5.74, 6) is 0.941. The molecule has 0 fully saturated rings. The number of unbranched alkanes of at least 4 members (excludes halogenated alkanes) is 8. The minimum absolute atomic E-state index is 0. The normalized spacial score (nSPS) is 10.5. The molecule has 2 aromatic rings. The number of hydrogen-bond donors (Lipinski definition) is 0. The number of ether oxygens (including phenoxy) is 1. The zero-order valence-electron chi connectivity index (χ0n) is 16.5. The third-order valence-corrected chi connectivity index (χ3v) is 4.65. The van der Waals surface area contributed by atoms with Crippen LogP contribution in [0.25, 0.3) is 5.69 Å². The van der Waals surface area contributed by atoms with Crippen LogP contribution in [0.4, 0.5) is 0 Å². The van der Waals surface area contributed by atoms with E-state index >= 15 is 0 Å². The monoisotopic (exact) mass is 470 g/mol. The second kappa shape index (κ2) is 14.1. The van der Waals surface area contributed by atoms with Crippen molar-refractivity contribution in [3.05, 3.63) is 43.0 Å². The van der Waals surface area contributed by atoms with Gasteiger partial charge in [-0.25, -0.2) is 4.57 Å². The number of rotatable bonds is 13. The van der Waals surface area contributed by atoms with Crippen LogP contribution in [0.15, 0.2) is 43.0 Å². The molecular formula is C22H35IN2O. The van der Waals surface area contributed by atoms with Crippen LogP contribution in [0.3, 0.4) is 0 Å². The summed E-state index contributed by atoms with van der Waals surface area (Å²) < 4.78 is 10.2. The number of nitrogens with zero attached hydrogens (tertiary/aromatic N) is 2. The Morgan fingerprint density at radius 3 is 2.23 bits per heavy atom. The number of halogens is 1. The van der Waals surface area contributed by atoms with Gasteiger partial charge in [0.15, 0.2) is 11.4 Å². The third kappa shape index (κ3) is 8.11. The number of aryl methyl sites for hydroxylation is 1. The van der Waals surface area contributed by atoms with Gasteiger partial charge >= 0.3 is 0 Å². The highest BCUT2D eigenvalue weighted by atomic mass is 127. The van der Waals surface area contributed by atoms with Crippen molar-refractivity contribution < 1.29 is 33.3 Å². The first kappa shape index (κ1) is 23.0. The topological polar surface area (TPSA) is 18.0 Å². The molecule has 0 radical (unpaired) electrons.